The van der Waals surface area contributed by atoms with Crippen LogP contribution in [-0.2, 0) is 6.42 Å². The minimum atomic E-state index is -0.202. The molecule has 5 heteroatoms. The lowest BCUT2D eigenvalue weighted by Gasteiger charge is -2.28. The van der Waals surface area contributed by atoms with Crippen LogP contribution in [0.1, 0.15) is 24.8 Å². The molecule has 0 aromatic heterocycles. The van der Waals surface area contributed by atoms with Crippen molar-refractivity contribution in [3.63, 3.8) is 0 Å². The number of carbonyl (C=O) groups is 1. The maximum atomic E-state index is 11.9. The van der Waals surface area contributed by atoms with Crippen molar-refractivity contribution in [2.24, 2.45) is 0 Å². The quantitative estimate of drug-likeness (QED) is 0.815. The molecule has 0 radical (unpaired) electrons. The van der Waals surface area contributed by atoms with Crippen molar-refractivity contribution in [1.82, 2.24) is 5.32 Å². The summed E-state index contributed by atoms with van der Waals surface area (Å²) in [5.41, 5.74) is 3.26. The van der Waals surface area contributed by atoms with Gasteiger partial charge in [0.15, 0.2) is 0 Å². The van der Waals surface area contributed by atoms with Gasteiger partial charge in [-0.2, -0.15) is 0 Å². The molecule has 2 N–H and O–H groups in total. The number of piperidine rings is 1. The molecule has 0 aliphatic carbocycles. The largest absolute Gasteiger partial charge is 0.372 e. The van der Waals surface area contributed by atoms with Gasteiger partial charge in [0.1, 0.15) is 0 Å². The minimum Gasteiger partial charge on any atom is -0.372 e. The summed E-state index contributed by atoms with van der Waals surface area (Å²) in [6, 6.07) is 15.5. The number of nitrogens with zero attached hydrogens (tertiary/aromatic N) is 1. The molecule has 1 aliphatic rings. The highest BCUT2D eigenvalue weighted by atomic mass is 35.5. The van der Waals surface area contributed by atoms with Gasteiger partial charge in [-0.05, 0) is 67.6 Å². The highest BCUT2D eigenvalue weighted by Crippen LogP contribution is 2.20. The van der Waals surface area contributed by atoms with E-state index >= 15 is 0 Å². The molecule has 0 bridgehead atoms. The van der Waals surface area contributed by atoms with E-state index in [2.05, 4.69) is 39.8 Å². The van der Waals surface area contributed by atoms with Crippen LogP contribution < -0.4 is 15.5 Å². The maximum absolute atomic E-state index is 11.9. The zero-order valence-electron chi connectivity index (χ0n) is 14.3. The molecular weight excluding hydrogens is 334 g/mol. The van der Waals surface area contributed by atoms with Gasteiger partial charge < -0.3 is 15.5 Å². The molecule has 2 amide bonds. The lowest BCUT2D eigenvalue weighted by molar-refractivity contribution is 0.252. The number of benzene rings is 2. The van der Waals surface area contributed by atoms with Gasteiger partial charge in [-0.3, -0.25) is 0 Å². The number of hydrogen-bond acceptors (Lipinski definition) is 2. The standard InChI is InChI=1S/C20H24ClN3O/c21-17-6-8-18(9-7-17)23-20(25)22-13-12-16-4-10-19(11-5-16)24-14-2-1-3-15-24/h4-11H,1-3,12-15H2,(H2,22,23,25). The third-order valence-corrected chi connectivity index (χ3v) is 4.71. The molecule has 2 aromatic rings. The second-order valence-electron chi connectivity index (χ2n) is 6.35. The van der Waals surface area contributed by atoms with Crippen molar-refractivity contribution in [2.75, 3.05) is 29.9 Å². The third kappa shape index (κ3) is 5.40. The van der Waals surface area contributed by atoms with E-state index in [0.717, 1.165) is 25.2 Å². The van der Waals surface area contributed by atoms with Crippen LogP contribution in [0.25, 0.3) is 0 Å². The van der Waals surface area contributed by atoms with Crippen LogP contribution in [0.15, 0.2) is 48.5 Å². The Morgan fingerprint density at radius 1 is 0.960 bits per heavy atom. The Morgan fingerprint density at radius 3 is 2.32 bits per heavy atom. The zero-order chi connectivity index (χ0) is 17.5. The van der Waals surface area contributed by atoms with Gasteiger partial charge in [-0.1, -0.05) is 23.7 Å². The molecule has 1 heterocycles. The fourth-order valence-electron chi connectivity index (χ4n) is 3.05. The summed E-state index contributed by atoms with van der Waals surface area (Å²) >= 11 is 5.83. The molecule has 4 nitrogen and oxygen atoms in total. The average Bonchev–Trinajstić information content (AvgIpc) is 2.65. The van der Waals surface area contributed by atoms with Crippen molar-refractivity contribution in [3.8, 4) is 0 Å². The van der Waals surface area contributed by atoms with E-state index in [9.17, 15) is 4.79 Å². The van der Waals surface area contributed by atoms with Gasteiger partial charge in [-0.25, -0.2) is 4.79 Å². The number of rotatable bonds is 5. The maximum Gasteiger partial charge on any atom is 0.319 e. The Labute approximate surface area is 154 Å². The molecule has 2 aromatic carbocycles. The number of carbonyl (C=O) groups excluding carboxylic acids is 1. The molecule has 25 heavy (non-hydrogen) atoms. The smallest absolute Gasteiger partial charge is 0.319 e. The second kappa shape index (κ2) is 8.77. The first-order valence-electron chi connectivity index (χ1n) is 8.85. The van der Waals surface area contributed by atoms with E-state index in [1.165, 1.54) is 30.5 Å². The monoisotopic (exact) mass is 357 g/mol. The SMILES string of the molecule is O=C(NCCc1ccc(N2CCCCC2)cc1)Nc1ccc(Cl)cc1. The number of amides is 2. The fourth-order valence-corrected chi connectivity index (χ4v) is 3.18. The molecule has 3 rings (SSSR count). The van der Waals surface area contributed by atoms with Crippen LogP contribution >= 0.6 is 11.6 Å². The first kappa shape index (κ1) is 17.6. The molecule has 0 atom stereocenters. The first-order valence-corrected chi connectivity index (χ1v) is 9.23. The number of urea groups is 1. The normalized spacial score (nSPS) is 14.2. The van der Waals surface area contributed by atoms with E-state index in [-0.39, 0.29) is 6.03 Å². The molecule has 1 saturated heterocycles. The summed E-state index contributed by atoms with van der Waals surface area (Å²) in [6.45, 7) is 2.92. The zero-order valence-corrected chi connectivity index (χ0v) is 15.1. The van der Waals surface area contributed by atoms with Crippen molar-refractivity contribution in [2.45, 2.75) is 25.7 Å². The molecule has 1 fully saturated rings. The van der Waals surface area contributed by atoms with E-state index in [4.69, 9.17) is 11.6 Å². The Bertz CT molecular complexity index is 679. The predicted octanol–water partition coefficient (Wildman–Crippen LogP) is 4.69. The fraction of sp³-hybridized carbons (Fsp3) is 0.350. The van der Waals surface area contributed by atoms with Crippen LogP contribution in [0.3, 0.4) is 0 Å². The predicted molar refractivity (Wildman–Crippen MR) is 105 cm³/mol. The Balaban J connectivity index is 1.42. The third-order valence-electron chi connectivity index (χ3n) is 4.46. The van der Waals surface area contributed by atoms with Crippen molar-refractivity contribution in [3.05, 3.63) is 59.1 Å². The molecule has 0 saturated carbocycles. The van der Waals surface area contributed by atoms with Gasteiger partial charge in [0.25, 0.3) is 0 Å². The highest BCUT2D eigenvalue weighted by Gasteiger charge is 2.10. The summed E-state index contributed by atoms with van der Waals surface area (Å²) in [5, 5.41) is 6.32. The summed E-state index contributed by atoms with van der Waals surface area (Å²) in [7, 11) is 0. The van der Waals surface area contributed by atoms with Gasteiger partial charge in [0.2, 0.25) is 0 Å². The Hall–Kier alpha value is -2.20. The molecule has 0 spiro atoms. The minimum absolute atomic E-state index is 0.202. The van der Waals surface area contributed by atoms with Crippen LogP contribution in [0.2, 0.25) is 5.02 Å². The number of nitrogens with one attached hydrogen (secondary N) is 2. The number of anilines is 2. The molecule has 0 unspecified atom stereocenters. The van der Waals surface area contributed by atoms with Gasteiger partial charge in [0.05, 0.1) is 0 Å². The molecule has 1 aliphatic heterocycles. The van der Waals surface area contributed by atoms with E-state index in [0.29, 0.717) is 11.6 Å². The summed E-state index contributed by atoms with van der Waals surface area (Å²) in [4.78, 5) is 14.3. The highest BCUT2D eigenvalue weighted by molar-refractivity contribution is 6.30. The topological polar surface area (TPSA) is 44.4 Å². The van der Waals surface area contributed by atoms with E-state index in [1.54, 1.807) is 24.3 Å². The van der Waals surface area contributed by atoms with Crippen molar-refractivity contribution in [1.29, 1.82) is 0 Å². The van der Waals surface area contributed by atoms with Crippen LogP contribution in [0, 0.1) is 0 Å². The first-order chi connectivity index (χ1) is 12.2. The summed E-state index contributed by atoms with van der Waals surface area (Å²) in [6.07, 6.45) is 4.73. The van der Waals surface area contributed by atoms with E-state index in [1.807, 2.05) is 0 Å². The van der Waals surface area contributed by atoms with Crippen LogP contribution in [-0.4, -0.2) is 25.7 Å². The summed E-state index contributed by atoms with van der Waals surface area (Å²) < 4.78 is 0. The average molecular weight is 358 g/mol. The van der Waals surface area contributed by atoms with Gasteiger partial charge in [0, 0.05) is 36.0 Å². The molecular formula is C20H24ClN3O. The number of hydrogen-bond donors (Lipinski definition) is 2. The molecule has 132 valence electrons. The van der Waals surface area contributed by atoms with Gasteiger partial charge in [-0.15, -0.1) is 0 Å². The van der Waals surface area contributed by atoms with Crippen LogP contribution in [0.4, 0.5) is 16.2 Å². The lowest BCUT2D eigenvalue weighted by Crippen LogP contribution is -2.30. The Kier molecular flexibility index (Phi) is 6.18. The number of halogens is 1. The lowest BCUT2D eigenvalue weighted by atomic mass is 10.1. The van der Waals surface area contributed by atoms with Gasteiger partial charge >= 0.3 is 6.03 Å². The van der Waals surface area contributed by atoms with Crippen molar-refractivity contribution < 1.29 is 4.79 Å². The Morgan fingerprint density at radius 2 is 1.64 bits per heavy atom. The van der Waals surface area contributed by atoms with E-state index < -0.39 is 0 Å². The van der Waals surface area contributed by atoms with Crippen LogP contribution in [0.5, 0.6) is 0 Å². The second-order valence-corrected chi connectivity index (χ2v) is 6.79. The summed E-state index contributed by atoms with van der Waals surface area (Å²) in [5.74, 6) is 0. The van der Waals surface area contributed by atoms with Crippen molar-refractivity contribution >= 4 is 29.0 Å².